The van der Waals surface area contributed by atoms with Crippen molar-refractivity contribution in [1.82, 2.24) is 0 Å². The van der Waals surface area contributed by atoms with E-state index >= 15 is 0 Å². The third kappa shape index (κ3) is 20.9. The Morgan fingerprint density at radius 2 is 0.927 bits per heavy atom. The van der Waals surface area contributed by atoms with Crippen molar-refractivity contribution in [3.8, 4) is 0 Å². The van der Waals surface area contributed by atoms with Crippen LogP contribution in [0.5, 0.6) is 0 Å². The Morgan fingerprint density at radius 3 is 1.34 bits per heavy atom. The molecule has 0 atom stereocenters. The van der Waals surface area contributed by atoms with Gasteiger partial charge in [0.2, 0.25) is 0 Å². The van der Waals surface area contributed by atoms with Crippen LogP contribution in [-0.4, -0.2) is 36.7 Å². The van der Waals surface area contributed by atoms with Crippen LogP contribution in [0.3, 0.4) is 0 Å². The maximum Gasteiger partial charge on any atom is 0.305 e. The summed E-state index contributed by atoms with van der Waals surface area (Å²) in [6, 6.07) is 15.1. The summed E-state index contributed by atoms with van der Waals surface area (Å²) in [5.41, 5.74) is 1.67. The molecule has 2 aromatic rings. The van der Waals surface area contributed by atoms with E-state index in [1.807, 2.05) is 62.4 Å². The van der Waals surface area contributed by atoms with Crippen molar-refractivity contribution in [3.63, 3.8) is 0 Å². The molecule has 0 spiro atoms. The normalized spacial score (nSPS) is 10.2. The van der Waals surface area contributed by atoms with Crippen LogP contribution in [-0.2, 0) is 36.1 Å². The average Bonchev–Trinajstić information content (AvgIpc) is 3.67. The standard InChI is InChI=1S/2C17H25O3.Fe/c2*1-2-20-17(19)14-8-6-4-3-5-7-13-16(18)15-11-9-10-12-15;/h2*9-12H,2-8,13-14H2,1H3;/q-5;-1;. The molecule has 2 rings (SSSR count). The fraction of sp³-hybridized carbons (Fsp3) is 0.588. The van der Waals surface area contributed by atoms with E-state index in [4.69, 9.17) is 9.47 Å². The van der Waals surface area contributed by atoms with Crippen molar-refractivity contribution in [2.45, 2.75) is 117 Å². The van der Waals surface area contributed by atoms with E-state index in [1.165, 1.54) is 0 Å². The summed E-state index contributed by atoms with van der Waals surface area (Å²) in [7, 11) is 0. The second-order valence-electron chi connectivity index (χ2n) is 10.0. The fourth-order valence-corrected chi connectivity index (χ4v) is 4.40. The van der Waals surface area contributed by atoms with Gasteiger partial charge < -0.3 is 48.9 Å². The maximum atomic E-state index is 11.7. The largest absolute Gasteiger partial charge is 0.718 e. The van der Waals surface area contributed by atoms with Gasteiger partial charge in [-0.25, -0.2) is 12.1 Å². The van der Waals surface area contributed by atoms with E-state index in [0.29, 0.717) is 38.9 Å². The van der Waals surface area contributed by atoms with Crippen LogP contribution in [0.1, 0.15) is 137 Å². The molecule has 41 heavy (non-hydrogen) atoms. The zero-order valence-electron chi connectivity index (χ0n) is 25.1. The molecule has 6 nitrogen and oxygen atoms in total. The van der Waals surface area contributed by atoms with Gasteiger partial charge >= 0.3 is 11.9 Å². The number of rotatable bonds is 22. The monoisotopic (exact) mass is 610 g/mol. The zero-order chi connectivity index (χ0) is 29.3. The summed E-state index contributed by atoms with van der Waals surface area (Å²) in [4.78, 5) is 45.7. The summed E-state index contributed by atoms with van der Waals surface area (Å²) < 4.78 is 9.74. The van der Waals surface area contributed by atoms with Crippen molar-refractivity contribution in [2.24, 2.45) is 0 Å². The molecule has 0 fully saturated rings. The number of ether oxygens (including phenoxy) is 2. The quantitative estimate of drug-likeness (QED) is 0.0437. The third-order valence-corrected chi connectivity index (χ3v) is 6.65. The molecule has 0 aliphatic carbocycles. The molecule has 0 unspecified atom stereocenters. The van der Waals surface area contributed by atoms with Crippen molar-refractivity contribution in [3.05, 3.63) is 59.7 Å². The summed E-state index contributed by atoms with van der Waals surface area (Å²) in [6.45, 7) is 4.59. The van der Waals surface area contributed by atoms with E-state index in [9.17, 15) is 19.2 Å². The molecule has 236 valence electrons. The second-order valence-corrected chi connectivity index (χ2v) is 10.0. The van der Waals surface area contributed by atoms with Crippen LogP contribution < -0.4 is 0 Å². The summed E-state index contributed by atoms with van der Waals surface area (Å²) in [6.07, 6.45) is 14.9. The number of unbranched alkanes of at least 4 members (excludes halogenated alkanes) is 10. The minimum Gasteiger partial charge on any atom is -0.718 e. The Kier molecular flexibility index (Phi) is 24.8. The fourth-order valence-electron chi connectivity index (χ4n) is 4.40. The van der Waals surface area contributed by atoms with Gasteiger partial charge in [0.25, 0.3) is 0 Å². The summed E-state index contributed by atoms with van der Waals surface area (Å²) in [5, 5.41) is 0. The number of hydrogen-bond donors (Lipinski definition) is 0. The van der Waals surface area contributed by atoms with Gasteiger partial charge in [-0.1, -0.05) is 63.4 Å². The van der Waals surface area contributed by atoms with Crippen LogP contribution in [0.4, 0.5) is 0 Å². The van der Waals surface area contributed by atoms with E-state index < -0.39 is 0 Å². The molecule has 7 heteroatoms. The predicted octanol–water partition coefficient (Wildman–Crippen LogP) is 8.54. The van der Waals surface area contributed by atoms with E-state index in [2.05, 4.69) is 0 Å². The molecule has 0 aliphatic heterocycles. The molecule has 0 amide bonds. The van der Waals surface area contributed by atoms with Gasteiger partial charge in [-0.3, -0.25) is 15.4 Å². The van der Waals surface area contributed by atoms with Crippen molar-refractivity contribution in [1.29, 1.82) is 0 Å². The number of carbonyl (C=O) groups is 4. The first-order chi connectivity index (χ1) is 19.5. The molecule has 0 saturated carbocycles. The van der Waals surface area contributed by atoms with E-state index in [-0.39, 0.29) is 40.6 Å². The molecular formula is C34H50FeO6-6. The molecule has 0 aromatic heterocycles. The number of hydrogen-bond acceptors (Lipinski definition) is 6. The smallest absolute Gasteiger partial charge is 0.305 e. The van der Waals surface area contributed by atoms with Gasteiger partial charge in [-0.15, -0.1) is 6.42 Å². The minimum absolute atomic E-state index is 0. The Bertz CT molecular complexity index is 841. The zero-order valence-corrected chi connectivity index (χ0v) is 26.3. The van der Waals surface area contributed by atoms with E-state index in [1.54, 1.807) is 0 Å². The first-order valence-corrected chi connectivity index (χ1v) is 15.3. The number of esters is 2. The van der Waals surface area contributed by atoms with Crippen LogP contribution in [0.15, 0.2) is 48.5 Å². The van der Waals surface area contributed by atoms with Gasteiger partial charge in [-0.05, 0) is 39.5 Å². The van der Waals surface area contributed by atoms with Crippen LogP contribution in [0, 0.1) is 0 Å². The van der Waals surface area contributed by atoms with Crippen LogP contribution in [0.2, 0.25) is 0 Å². The number of ketones is 2. The average molecular weight is 611 g/mol. The molecule has 2 aromatic carbocycles. The molecule has 0 aliphatic rings. The Balaban J connectivity index is 0.000000762. The molecular weight excluding hydrogens is 560 g/mol. The first-order valence-electron chi connectivity index (χ1n) is 15.3. The first kappa shape index (κ1) is 38.5. The van der Waals surface area contributed by atoms with Gasteiger partial charge in [-0.2, -0.15) is 12.1 Å². The van der Waals surface area contributed by atoms with Crippen LogP contribution >= 0.6 is 0 Å². The predicted molar refractivity (Wildman–Crippen MR) is 160 cm³/mol. The maximum absolute atomic E-state index is 11.7. The Labute approximate surface area is 258 Å². The van der Waals surface area contributed by atoms with Crippen LogP contribution in [0.25, 0.3) is 0 Å². The van der Waals surface area contributed by atoms with Crippen molar-refractivity contribution >= 4 is 23.5 Å². The Hall–Kier alpha value is -2.50. The molecule has 0 heterocycles. The van der Waals surface area contributed by atoms with Gasteiger partial charge in [0.05, 0.1) is 13.2 Å². The van der Waals surface area contributed by atoms with Crippen molar-refractivity contribution < 1.29 is 45.7 Å². The molecule has 0 N–H and O–H groups in total. The number of carbonyl (C=O) groups excluding carboxylic acids is 4. The number of Topliss-reactive ketones (excluding diaryl/α,β-unsaturated/α-hetero) is 2. The van der Waals surface area contributed by atoms with Crippen molar-refractivity contribution in [2.75, 3.05) is 13.2 Å². The SMILES string of the molecule is CCOC(=O)CCCCCCCCC(=O)[c-]1[cH-][cH-][cH-][cH-]1.CCOC(=O)CCCCCCCCC(=O)[c-]1cccc1.[Fe]. The molecule has 0 bridgehead atoms. The Morgan fingerprint density at radius 1 is 0.561 bits per heavy atom. The second kappa shape index (κ2) is 26.4. The molecule has 0 radical (unpaired) electrons. The topological polar surface area (TPSA) is 86.7 Å². The van der Waals surface area contributed by atoms with Gasteiger partial charge in [0.1, 0.15) is 5.78 Å². The molecule has 0 saturated heterocycles. The minimum atomic E-state index is -0.0900. The van der Waals surface area contributed by atoms with Gasteiger partial charge in [0.15, 0.2) is 0 Å². The van der Waals surface area contributed by atoms with E-state index in [0.717, 1.165) is 88.2 Å². The summed E-state index contributed by atoms with van der Waals surface area (Å²) >= 11 is 0. The third-order valence-electron chi connectivity index (χ3n) is 6.65. The van der Waals surface area contributed by atoms with Gasteiger partial charge in [0, 0.05) is 29.9 Å². The summed E-state index contributed by atoms with van der Waals surface area (Å²) in [5.74, 6) is 0.315.